The minimum atomic E-state index is -0.482. The maximum absolute atomic E-state index is 10.2. The molecular weight excluding hydrogens is 288 g/mol. The summed E-state index contributed by atoms with van der Waals surface area (Å²) in [6.07, 6.45) is 0.148. The van der Waals surface area contributed by atoms with E-state index in [2.05, 4.69) is 11.4 Å². The van der Waals surface area contributed by atoms with Crippen LogP contribution in [0.2, 0.25) is 0 Å². The van der Waals surface area contributed by atoms with Gasteiger partial charge in [0.1, 0.15) is 11.8 Å². The molecule has 0 aliphatic heterocycles. The molecule has 2 N–H and O–H groups in total. The molecule has 0 aliphatic carbocycles. The maximum Gasteiger partial charge on any atom is 0.136 e. The summed E-state index contributed by atoms with van der Waals surface area (Å²) in [6, 6.07) is 17.5. The predicted octanol–water partition coefficient (Wildman–Crippen LogP) is 3.17. The van der Waals surface area contributed by atoms with Crippen molar-refractivity contribution in [3.05, 3.63) is 65.2 Å². The molecule has 0 saturated carbocycles. The van der Waals surface area contributed by atoms with E-state index in [4.69, 9.17) is 10.00 Å². The van der Waals surface area contributed by atoms with Crippen LogP contribution in [-0.2, 0) is 6.54 Å². The number of hydrogen-bond acceptors (Lipinski definition) is 4. The smallest absolute Gasteiger partial charge is 0.136 e. The molecule has 4 heteroatoms. The fourth-order valence-corrected chi connectivity index (χ4v) is 2.47. The van der Waals surface area contributed by atoms with Crippen molar-refractivity contribution in [2.24, 2.45) is 0 Å². The van der Waals surface area contributed by atoms with Crippen molar-refractivity contribution in [1.82, 2.24) is 5.32 Å². The molecule has 0 radical (unpaired) electrons. The number of aliphatic hydroxyl groups excluding tert-OH is 1. The van der Waals surface area contributed by atoms with Gasteiger partial charge in [-0.25, -0.2) is 0 Å². The number of nitrogens with one attached hydrogen (secondary N) is 1. The van der Waals surface area contributed by atoms with Gasteiger partial charge >= 0.3 is 0 Å². The number of ether oxygens (including phenoxy) is 1. The number of benzene rings is 2. The normalized spacial score (nSPS) is 13.1. The number of aliphatic hydroxyl groups is 1. The van der Waals surface area contributed by atoms with Gasteiger partial charge in [-0.2, -0.15) is 5.26 Å². The summed E-state index contributed by atoms with van der Waals surface area (Å²) in [4.78, 5) is 0. The molecule has 2 aromatic carbocycles. The summed E-state index contributed by atoms with van der Waals surface area (Å²) in [5.74, 6) is 0.587. The van der Waals surface area contributed by atoms with Gasteiger partial charge in [-0.1, -0.05) is 36.4 Å². The van der Waals surface area contributed by atoms with Crippen LogP contribution >= 0.6 is 0 Å². The predicted molar refractivity (Wildman–Crippen MR) is 90.0 cm³/mol. The highest BCUT2D eigenvalue weighted by atomic mass is 16.5. The topological polar surface area (TPSA) is 65.3 Å². The minimum Gasteiger partial charge on any atom is -0.495 e. The third-order valence-corrected chi connectivity index (χ3v) is 3.80. The van der Waals surface area contributed by atoms with E-state index in [0.717, 1.165) is 11.1 Å². The Labute approximate surface area is 137 Å². The molecule has 120 valence electrons. The summed E-state index contributed by atoms with van der Waals surface area (Å²) in [7, 11) is 1.56. The van der Waals surface area contributed by atoms with Gasteiger partial charge in [0.25, 0.3) is 0 Å². The first kappa shape index (κ1) is 17.0. The van der Waals surface area contributed by atoms with E-state index in [1.807, 2.05) is 49.4 Å². The molecule has 2 rings (SSSR count). The summed E-state index contributed by atoms with van der Waals surface area (Å²) < 4.78 is 5.14. The molecule has 0 fully saturated rings. The lowest BCUT2D eigenvalue weighted by molar-refractivity contribution is 0.154. The van der Waals surface area contributed by atoms with Crippen molar-refractivity contribution in [3.63, 3.8) is 0 Å². The Kier molecular flexibility index (Phi) is 6.16. The first-order chi connectivity index (χ1) is 11.1. The molecule has 0 saturated heterocycles. The van der Waals surface area contributed by atoms with Crippen LogP contribution in [0.3, 0.4) is 0 Å². The van der Waals surface area contributed by atoms with Crippen LogP contribution in [0.5, 0.6) is 5.75 Å². The standard InChI is InChI=1S/C19H22N2O2/c1-14(10-18(22)16-6-4-3-5-7-16)21-13-15-8-9-19(23-2)17(11-15)12-20/h3-9,11,14,18,21-22H,10,13H2,1-2H3. The summed E-state index contributed by atoms with van der Waals surface area (Å²) >= 11 is 0. The lowest BCUT2D eigenvalue weighted by Gasteiger charge is -2.18. The molecule has 2 aromatic rings. The molecule has 0 bridgehead atoms. The second kappa shape index (κ2) is 8.33. The zero-order valence-electron chi connectivity index (χ0n) is 13.5. The van der Waals surface area contributed by atoms with Gasteiger partial charge in [0, 0.05) is 12.6 Å². The molecule has 2 atom stereocenters. The lowest BCUT2D eigenvalue weighted by atomic mass is 10.0. The Morgan fingerprint density at radius 1 is 1.22 bits per heavy atom. The molecule has 0 heterocycles. The Morgan fingerprint density at radius 3 is 2.61 bits per heavy atom. The van der Waals surface area contributed by atoms with Gasteiger partial charge in [-0.3, -0.25) is 0 Å². The highest BCUT2D eigenvalue weighted by Crippen LogP contribution is 2.20. The summed E-state index contributed by atoms with van der Waals surface area (Å²) in [5.41, 5.74) is 2.48. The second-order valence-electron chi connectivity index (χ2n) is 5.59. The van der Waals surface area contributed by atoms with Crippen molar-refractivity contribution in [3.8, 4) is 11.8 Å². The summed E-state index contributed by atoms with van der Waals surface area (Å²) in [5, 5.41) is 22.7. The van der Waals surface area contributed by atoms with E-state index in [1.165, 1.54) is 0 Å². The molecule has 0 amide bonds. The Balaban J connectivity index is 1.89. The van der Waals surface area contributed by atoms with Gasteiger partial charge in [-0.05, 0) is 36.6 Å². The molecule has 0 spiro atoms. The molecule has 4 nitrogen and oxygen atoms in total. The van der Waals surface area contributed by atoms with E-state index < -0.39 is 6.10 Å². The van der Waals surface area contributed by atoms with E-state index in [0.29, 0.717) is 24.3 Å². The molecule has 0 aliphatic rings. The Morgan fingerprint density at radius 2 is 1.96 bits per heavy atom. The van der Waals surface area contributed by atoms with Crippen LogP contribution in [0.4, 0.5) is 0 Å². The number of hydrogen-bond donors (Lipinski definition) is 2. The Hall–Kier alpha value is -2.35. The SMILES string of the molecule is COc1ccc(CNC(C)CC(O)c2ccccc2)cc1C#N. The fourth-order valence-electron chi connectivity index (χ4n) is 2.47. The third-order valence-electron chi connectivity index (χ3n) is 3.80. The van der Waals surface area contributed by atoms with Crippen LogP contribution in [0.1, 0.15) is 36.1 Å². The van der Waals surface area contributed by atoms with Crippen LogP contribution < -0.4 is 10.1 Å². The highest BCUT2D eigenvalue weighted by molar-refractivity contribution is 5.45. The van der Waals surface area contributed by atoms with Gasteiger partial charge in [-0.15, -0.1) is 0 Å². The van der Waals surface area contributed by atoms with Gasteiger partial charge in [0.15, 0.2) is 0 Å². The zero-order valence-corrected chi connectivity index (χ0v) is 13.5. The van der Waals surface area contributed by atoms with Crippen LogP contribution in [0, 0.1) is 11.3 Å². The molecular formula is C19H22N2O2. The lowest BCUT2D eigenvalue weighted by Crippen LogP contribution is -2.27. The number of nitrogens with zero attached hydrogens (tertiary/aromatic N) is 1. The van der Waals surface area contributed by atoms with E-state index in [-0.39, 0.29) is 6.04 Å². The van der Waals surface area contributed by atoms with E-state index in [9.17, 15) is 5.11 Å². The molecule has 0 aromatic heterocycles. The molecule has 23 heavy (non-hydrogen) atoms. The van der Waals surface area contributed by atoms with Crippen molar-refractivity contribution in [2.75, 3.05) is 7.11 Å². The van der Waals surface area contributed by atoms with Crippen LogP contribution in [-0.4, -0.2) is 18.3 Å². The average molecular weight is 310 g/mol. The second-order valence-corrected chi connectivity index (χ2v) is 5.59. The Bertz CT molecular complexity index is 665. The first-order valence-corrected chi connectivity index (χ1v) is 7.67. The minimum absolute atomic E-state index is 0.151. The quantitative estimate of drug-likeness (QED) is 0.824. The monoisotopic (exact) mass is 310 g/mol. The largest absolute Gasteiger partial charge is 0.495 e. The van der Waals surface area contributed by atoms with Crippen molar-refractivity contribution in [1.29, 1.82) is 5.26 Å². The van der Waals surface area contributed by atoms with Crippen molar-refractivity contribution >= 4 is 0 Å². The van der Waals surface area contributed by atoms with Crippen molar-refractivity contribution in [2.45, 2.75) is 32.0 Å². The van der Waals surface area contributed by atoms with Gasteiger partial charge in [0.2, 0.25) is 0 Å². The van der Waals surface area contributed by atoms with Gasteiger partial charge in [0.05, 0.1) is 18.8 Å². The maximum atomic E-state index is 10.2. The fraction of sp³-hybridized carbons (Fsp3) is 0.316. The van der Waals surface area contributed by atoms with E-state index in [1.54, 1.807) is 13.2 Å². The number of rotatable bonds is 7. The summed E-state index contributed by atoms with van der Waals surface area (Å²) in [6.45, 7) is 2.68. The highest BCUT2D eigenvalue weighted by Gasteiger charge is 2.12. The number of methoxy groups -OCH3 is 1. The zero-order chi connectivity index (χ0) is 16.7. The molecule has 2 unspecified atom stereocenters. The van der Waals surface area contributed by atoms with Crippen LogP contribution in [0.15, 0.2) is 48.5 Å². The van der Waals surface area contributed by atoms with Gasteiger partial charge < -0.3 is 15.2 Å². The van der Waals surface area contributed by atoms with Crippen LogP contribution in [0.25, 0.3) is 0 Å². The average Bonchev–Trinajstić information content (AvgIpc) is 2.60. The first-order valence-electron chi connectivity index (χ1n) is 7.67. The number of nitriles is 1. The van der Waals surface area contributed by atoms with Crippen molar-refractivity contribution < 1.29 is 9.84 Å². The van der Waals surface area contributed by atoms with E-state index >= 15 is 0 Å². The third kappa shape index (κ3) is 4.82.